The highest BCUT2D eigenvalue weighted by atomic mass is 16.4. The van der Waals surface area contributed by atoms with E-state index in [1.54, 1.807) is 24.3 Å². The zero-order valence-corrected chi connectivity index (χ0v) is 11.2. The van der Waals surface area contributed by atoms with Gasteiger partial charge in [-0.15, -0.1) is 0 Å². The summed E-state index contributed by atoms with van der Waals surface area (Å²) in [7, 11) is 0. The summed E-state index contributed by atoms with van der Waals surface area (Å²) in [6.07, 6.45) is 1.36. The summed E-state index contributed by atoms with van der Waals surface area (Å²) in [5, 5.41) is 21.6. The summed E-state index contributed by atoms with van der Waals surface area (Å²) in [6, 6.07) is 9.79. The molecule has 0 aliphatic rings. The van der Waals surface area contributed by atoms with Crippen LogP contribution in [0, 0.1) is 0 Å². The standard InChI is InChI=1S/C15H12N2O5/c18-12-8-10-4-2-1-3-9(10)7-11(12)15(22)17-16-13(19)5-6-14(20)21/h1-8,18H,(H,16,19)(H,17,22)(H,20,21)/p-1/b6-5+. The van der Waals surface area contributed by atoms with Gasteiger partial charge < -0.3 is 10.2 Å². The van der Waals surface area contributed by atoms with Gasteiger partial charge in [-0.2, -0.15) is 0 Å². The SMILES string of the molecule is O=C(O)/C=C/C(=O)NNC(=O)c1cc2ccccc2cc1[O-]. The van der Waals surface area contributed by atoms with E-state index in [0.717, 1.165) is 6.08 Å². The van der Waals surface area contributed by atoms with Crippen LogP contribution < -0.4 is 16.0 Å². The second-order valence-corrected chi connectivity index (χ2v) is 4.31. The number of hydrazine groups is 1. The van der Waals surface area contributed by atoms with Gasteiger partial charge >= 0.3 is 5.97 Å². The van der Waals surface area contributed by atoms with E-state index in [4.69, 9.17) is 5.11 Å². The number of rotatable bonds is 3. The number of carboxylic acids is 1. The molecule has 0 spiro atoms. The van der Waals surface area contributed by atoms with Crippen molar-refractivity contribution < 1.29 is 24.6 Å². The Bertz CT molecular complexity index is 783. The largest absolute Gasteiger partial charge is 0.872 e. The Balaban J connectivity index is 2.11. The van der Waals surface area contributed by atoms with Crippen LogP contribution >= 0.6 is 0 Å². The Morgan fingerprint density at radius 2 is 1.64 bits per heavy atom. The van der Waals surface area contributed by atoms with Gasteiger partial charge in [0.15, 0.2) is 0 Å². The Morgan fingerprint density at radius 1 is 1.00 bits per heavy atom. The highest BCUT2D eigenvalue weighted by Crippen LogP contribution is 2.22. The molecule has 7 nitrogen and oxygen atoms in total. The molecule has 0 radical (unpaired) electrons. The molecule has 0 unspecified atom stereocenters. The van der Waals surface area contributed by atoms with E-state index in [0.29, 0.717) is 16.8 Å². The first-order valence-electron chi connectivity index (χ1n) is 6.18. The van der Waals surface area contributed by atoms with E-state index in [1.807, 2.05) is 10.9 Å². The fraction of sp³-hybridized carbons (Fsp3) is 0. The van der Waals surface area contributed by atoms with Crippen molar-refractivity contribution in [1.29, 1.82) is 0 Å². The normalized spacial score (nSPS) is 10.5. The van der Waals surface area contributed by atoms with E-state index < -0.39 is 23.5 Å². The predicted octanol–water partition coefficient (Wildman–Crippen LogP) is 0.315. The predicted molar refractivity (Wildman–Crippen MR) is 75.8 cm³/mol. The third-order valence-electron chi connectivity index (χ3n) is 2.77. The molecular weight excluding hydrogens is 288 g/mol. The second-order valence-electron chi connectivity index (χ2n) is 4.31. The Labute approximate surface area is 124 Å². The maximum absolute atomic E-state index is 11.9. The molecule has 0 saturated carbocycles. The molecule has 0 bridgehead atoms. The number of carbonyl (C=O) groups excluding carboxylic acids is 2. The summed E-state index contributed by atoms with van der Waals surface area (Å²) in [4.78, 5) is 33.3. The fourth-order valence-electron chi connectivity index (χ4n) is 1.77. The summed E-state index contributed by atoms with van der Waals surface area (Å²) in [6.45, 7) is 0. The molecule has 2 amide bonds. The molecule has 0 atom stereocenters. The van der Waals surface area contributed by atoms with Gasteiger partial charge in [0.1, 0.15) is 0 Å². The molecule has 0 heterocycles. The van der Waals surface area contributed by atoms with Gasteiger partial charge in [0, 0.05) is 17.7 Å². The molecule has 2 aromatic rings. The number of fused-ring (bicyclic) bond motifs is 1. The van der Waals surface area contributed by atoms with Gasteiger partial charge in [-0.05, 0) is 16.8 Å². The molecule has 0 aliphatic carbocycles. The van der Waals surface area contributed by atoms with Crippen LogP contribution in [0.3, 0.4) is 0 Å². The first-order valence-corrected chi connectivity index (χ1v) is 6.18. The van der Waals surface area contributed by atoms with Gasteiger partial charge in [0.25, 0.3) is 11.8 Å². The van der Waals surface area contributed by atoms with Crippen molar-refractivity contribution >= 4 is 28.6 Å². The minimum absolute atomic E-state index is 0.124. The van der Waals surface area contributed by atoms with Crippen LogP contribution in [-0.2, 0) is 9.59 Å². The van der Waals surface area contributed by atoms with E-state index in [-0.39, 0.29) is 5.56 Å². The topological polar surface area (TPSA) is 119 Å². The maximum atomic E-state index is 11.9. The number of hydrogen-bond donors (Lipinski definition) is 3. The molecule has 3 N–H and O–H groups in total. The van der Waals surface area contributed by atoms with Gasteiger partial charge in [-0.25, -0.2) is 4.79 Å². The highest BCUT2D eigenvalue weighted by Gasteiger charge is 2.08. The molecule has 0 aliphatic heterocycles. The van der Waals surface area contributed by atoms with Crippen molar-refractivity contribution in [1.82, 2.24) is 10.9 Å². The first-order chi connectivity index (χ1) is 10.5. The molecule has 0 saturated heterocycles. The lowest BCUT2D eigenvalue weighted by Gasteiger charge is -2.14. The quantitative estimate of drug-likeness (QED) is 0.557. The molecule has 0 aromatic heterocycles. The van der Waals surface area contributed by atoms with Crippen molar-refractivity contribution in [2.75, 3.05) is 0 Å². The fourth-order valence-corrected chi connectivity index (χ4v) is 1.77. The van der Waals surface area contributed by atoms with Crippen molar-refractivity contribution in [3.05, 3.63) is 54.1 Å². The molecular formula is C15H11N2O5-. The van der Waals surface area contributed by atoms with E-state index >= 15 is 0 Å². The lowest BCUT2D eigenvalue weighted by atomic mass is 10.1. The average Bonchev–Trinajstić information content (AvgIpc) is 2.49. The van der Waals surface area contributed by atoms with Crippen LogP contribution in [0.2, 0.25) is 0 Å². The van der Waals surface area contributed by atoms with E-state index in [1.165, 1.54) is 12.1 Å². The third-order valence-corrected chi connectivity index (χ3v) is 2.77. The van der Waals surface area contributed by atoms with Crippen LogP contribution in [-0.4, -0.2) is 22.9 Å². The van der Waals surface area contributed by atoms with Gasteiger partial charge in [0.2, 0.25) is 0 Å². The number of aliphatic carboxylic acids is 1. The summed E-state index contributed by atoms with van der Waals surface area (Å²) in [5.74, 6) is -3.39. The Hall–Kier alpha value is -3.35. The minimum atomic E-state index is -1.29. The lowest BCUT2D eigenvalue weighted by Crippen LogP contribution is -2.41. The van der Waals surface area contributed by atoms with Crippen molar-refractivity contribution in [2.45, 2.75) is 0 Å². The van der Waals surface area contributed by atoms with Crippen molar-refractivity contribution in [3.63, 3.8) is 0 Å². The minimum Gasteiger partial charge on any atom is -0.872 e. The van der Waals surface area contributed by atoms with Crippen LogP contribution in [0.5, 0.6) is 5.75 Å². The second kappa shape index (κ2) is 6.40. The Kier molecular flexibility index (Phi) is 4.38. The molecule has 7 heteroatoms. The summed E-state index contributed by atoms with van der Waals surface area (Å²) in [5.41, 5.74) is 3.91. The zero-order chi connectivity index (χ0) is 16.1. The number of carbonyl (C=O) groups is 3. The lowest BCUT2D eigenvalue weighted by molar-refractivity contribution is -0.268. The van der Waals surface area contributed by atoms with Crippen LogP contribution in [0.1, 0.15) is 10.4 Å². The molecule has 2 rings (SSSR count). The molecule has 2 aromatic carbocycles. The zero-order valence-electron chi connectivity index (χ0n) is 11.2. The monoisotopic (exact) mass is 299 g/mol. The van der Waals surface area contributed by atoms with Crippen LogP contribution in [0.25, 0.3) is 10.8 Å². The maximum Gasteiger partial charge on any atom is 0.328 e. The summed E-state index contributed by atoms with van der Waals surface area (Å²) < 4.78 is 0. The highest BCUT2D eigenvalue weighted by molar-refractivity contribution is 6.02. The number of amides is 2. The number of hydrogen-bond acceptors (Lipinski definition) is 4. The third kappa shape index (κ3) is 3.60. The number of benzene rings is 2. The first kappa shape index (κ1) is 15.0. The smallest absolute Gasteiger partial charge is 0.328 e. The van der Waals surface area contributed by atoms with Gasteiger partial charge in [-0.3, -0.25) is 20.4 Å². The Morgan fingerprint density at radius 3 is 2.27 bits per heavy atom. The molecule has 0 fully saturated rings. The summed E-state index contributed by atoms with van der Waals surface area (Å²) >= 11 is 0. The van der Waals surface area contributed by atoms with Gasteiger partial charge in [-0.1, -0.05) is 36.1 Å². The van der Waals surface area contributed by atoms with E-state index in [9.17, 15) is 19.5 Å². The number of nitrogens with one attached hydrogen (secondary N) is 2. The van der Waals surface area contributed by atoms with E-state index in [2.05, 4.69) is 0 Å². The molecule has 22 heavy (non-hydrogen) atoms. The van der Waals surface area contributed by atoms with Crippen LogP contribution in [0.4, 0.5) is 0 Å². The van der Waals surface area contributed by atoms with Crippen molar-refractivity contribution in [2.24, 2.45) is 0 Å². The average molecular weight is 299 g/mol. The number of carboxylic acid groups (broad SMARTS) is 1. The van der Waals surface area contributed by atoms with Crippen LogP contribution in [0.15, 0.2) is 48.6 Å². The van der Waals surface area contributed by atoms with Crippen molar-refractivity contribution in [3.8, 4) is 5.75 Å². The van der Waals surface area contributed by atoms with Gasteiger partial charge in [0.05, 0.1) is 0 Å². The molecule has 112 valence electrons.